The van der Waals surface area contributed by atoms with Gasteiger partial charge >= 0.3 is 6.03 Å². The van der Waals surface area contributed by atoms with Crippen LogP contribution in [0, 0.1) is 0 Å². The molecule has 0 aromatic heterocycles. The van der Waals surface area contributed by atoms with Gasteiger partial charge in [-0.2, -0.15) is 0 Å². The van der Waals surface area contributed by atoms with Crippen molar-refractivity contribution >= 4 is 40.8 Å². The Labute approximate surface area is 179 Å². The topological polar surface area (TPSA) is 87.5 Å². The molecule has 3 amide bonds. The summed E-state index contributed by atoms with van der Waals surface area (Å²) in [6, 6.07) is 23.1. The van der Waals surface area contributed by atoms with Crippen molar-refractivity contribution in [3.63, 3.8) is 0 Å². The van der Waals surface area contributed by atoms with Crippen LogP contribution in [0.3, 0.4) is 0 Å². The number of rotatable bonds is 6. The van der Waals surface area contributed by atoms with Gasteiger partial charge in [0.25, 0.3) is 0 Å². The monoisotopic (exact) mass is 418 g/mol. The lowest BCUT2D eigenvalue weighted by Crippen LogP contribution is -2.29. The molecule has 0 bridgehead atoms. The Morgan fingerprint density at radius 1 is 0.867 bits per heavy atom. The molecule has 1 aliphatic rings. The maximum absolute atomic E-state index is 12.5. The Bertz CT molecular complexity index is 1020. The molecule has 30 heavy (non-hydrogen) atoms. The zero-order valence-electron chi connectivity index (χ0n) is 16.3. The Morgan fingerprint density at radius 3 is 2.07 bits per heavy atom. The van der Waals surface area contributed by atoms with E-state index in [-0.39, 0.29) is 5.91 Å². The van der Waals surface area contributed by atoms with Crippen LogP contribution >= 0.6 is 11.8 Å². The second kappa shape index (κ2) is 8.92. The highest BCUT2D eigenvalue weighted by Crippen LogP contribution is 2.47. The first-order valence-corrected chi connectivity index (χ1v) is 10.5. The maximum Gasteiger partial charge on any atom is 0.316 e. The Morgan fingerprint density at radius 2 is 1.47 bits per heavy atom. The Hall–Kier alpha value is -3.45. The number of nitrogens with two attached hydrogens (primary N) is 1. The van der Waals surface area contributed by atoms with Crippen LogP contribution in [0.2, 0.25) is 0 Å². The van der Waals surface area contributed by atoms with E-state index >= 15 is 0 Å². The third-order valence-electron chi connectivity index (χ3n) is 4.81. The van der Waals surface area contributed by atoms with E-state index in [1.54, 1.807) is 23.9 Å². The minimum Gasteiger partial charge on any atom is -0.352 e. The van der Waals surface area contributed by atoms with E-state index in [4.69, 9.17) is 5.73 Å². The summed E-state index contributed by atoms with van der Waals surface area (Å²) in [7, 11) is 0. The van der Waals surface area contributed by atoms with E-state index in [0.29, 0.717) is 25.2 Å². The van der Waals surface area contributed by atoms with Gasteiger partial charge in [-0.25, -0.2) is 4.79 Å². The number of hydrogen-bond donors (Lipinski definition) is 3. The minimum absolute atomic E-state index is 0.0115. The lowest BCUT2D eigenvalue weighted by molar-refractivity contribution is -0.121. The van der Waals surface area contributed by atoms with E-state index in [2.05, 4.69) is 39.8 Å². The van der Waals surface area contributed by atoms with Crippen LogP contribution in [-0.4, -0.2) is 18.5 Å². The second-order valence-corrected chi connectivity index (χ2v) is 7.99. The lowest BCUT2D eigenvalue weighted by Gasteiger charge is -2.32. The highest BCUT2D eigenvalue weighted by atomic mass is 32.2. The number of amides is 3. The van der Waals surface area contributed by atoms with Crippen molar-refractivity contribution in [1.29, 1.82) is 0 Å². The second-order valence-electron chi connectivity index (χ2n) is 6.90. The zero-order chi connectivity index (χ0) is 20.9. The summed E-state index contributed by atoms with van der Waals surface area (Å²) in [6.07, 6.45) is 0.384. The number of para-hydroxylation sites is 2. The van der Waals surface area contributed by atoms with Crippen LogP contribution in [0.15, 0.2) is 82.6 Å². The number of carbonyl (C=O) groups excluding carboxylic acids is 2. The number of hydrogen-bond acceptors (Lipinski definition) is 4. The molecule has 4 N–H and O–H groups in total. The normalized spacial score (nSPS) is 11.9. The van der Waals surface area contributed by atoms with Crippen LogP contribution in [0.4, 0.5) is 21.9 Å². The van der Waals surface area contributed by atoms with Crippen molar-refractivity contribution in [2.24, 2.45) is 5.73 Å². The molecule has 0 aliphatic carbocycles. The number of benzene rings is 3. The maximum atomic E-state index is 12.5. The van der Waals surface area contributed by atoms with Gasteiger partial charge in [0.05, 0.1) is 11.4 Å². The number of nitrogens with zero attached hydrogens (tertiary/aromatic N) is 1. The van der Waals surface area contributed by atoms with Gasteiger partial charge in [0.15, 0.2) is 0 Å². The molecule has 7 heteroatoms. The molecule has 0 unspecified atom stereocenters. The van der Waals surface area contributed by atoms with Gasteiger partial charge in [0.1, 0.15) is 0 Å². The lowest BCUT2D eigenvalue weighted by atomic mass is 10.2. The predicted octanol–water partition coefficient (Wildman–Crippen LogP) is 4.49. The van der Waals surface area contributed by atoms with E-state index in [9.17, 15) is 9.59 Å². The minimum atomic E-state index is -0.602. The summed E-state index contributed by atoms with van der Waals surface area (Å²) in [4.78, 5) is 28.0. The molecule has 0 saturated heterocycles. The van der Waals surface area contributed by atoms with Crippen LogP contribution < -0.4 is 21.3 Å². The van der Waals surface area contributed by atoms with Crippen molar-refractivity contribution in [2.45, 2.75) is 22.8 Å². The molecule has 4 rings (SSSR count). The predicted molar refractivity (Wildman–Crippen MR) is 120 cm³/mol. The highest BCUT2D eigenvalue weighted by Gasteiger charge is 2.23. The van der Waals surface area contributed by atoms with Crippen LogP contribution in [0.5, 0.6) is 0 Å². The van der Waals surface area contributed by atoms with Gasteiger partial charge in [-0.1, -0.05) is 48.2 Å². The Kier molecular flexibility index (Phi) is 5.90. The molecule has 3 aromatic carbocycles. The average Bonchev–Trinajstić information content (AvgIpc) is 2.75. The molecule has 0 spiro atoms. The highest BCUT2D eigenvalue weighted by molar-refractivity contribution is 7.99. The van der Waals surface area contributed by atoms with Crippen molar-refractivity contribution in [2.75, 3.05) is 16.8 Å². The molecule has 152 valence electrons. The summed E-state index contributed by atoms with van der Waals surface area (Å²) in [5.41, 5.74) is 8.94. The third kappa shape index (κ3) is 4.58. The third-order valence-corrected chi connectivity index (χ3v) is 5.94. The van der Waals surface area contributed by atoms with E-state index in [1.807, 2.05) is 36.4 Å². The number of anilines is 3. The van der Waals surface area contributed by atoms with Crippen molar-refractivity contribution in [3.05, 3.63) is 78.4 Å². The molecule has 1 heterocycles. The quantitative estimate of drug-likeness (QED) is 0.551. The fraction of sp³-hybridized carbons (Fsp3) is 0.130. The van der Waals surface area contributed by atoms with Gasteiger partial charge in [0.2, 0.25) is 5.91 Å². The van der Waals surface area contributed by atoms with Gasteiger partial charge in [-0.05, 0) is 42.0 Å². The Balaban J connectivity index is 1.37. The standard InChI is InChI=1S/C23H22N4O2S/c24-23(29)26-17-11-9-16(10-12-17)15-25-22(28)13-14-27-18-5-1-3-7-20(18)30-21-8-4-2-6-19(21)27/h1-12H,13-15H2,(H,25,28)(H3,24,26,29). The van der Waals surface area contributed by atoms with Gasteiger partial charge in [-0.15, -0.1) is 0 Å². The fourth-order valence-electron chi connectivity index (χ4n) is 3.37. The molecule has 0 fully saturated rings. The molecule has 0 atom stereocenters. The summed E-state index contributed by atoms with van der Waals surface area (Å²) in [5.74, 6) is -0.0115. The average molecular weight is 419 g/mol. The SMILES string of the molecule is NC(=O)Nc1ccc(CNC(=O)CCN2c3ccccc3Sc3ccccc32)cc1. The zero-order valence-corrected chi connectivity index (χ0v) is 17.1. The first-order chi connectivity index (χ1) is 14.6. The van der Waals surface area contributed by atoms with Crippen molar-refractivity contribution in [1.82, 2.24) is 5.32 Å². The smallest absolute Gasteiger partial charge is 0.316 e. The summed E-state index contributed by atoms with van der Waals surface area (Å²) >= 11 is 1.76. The van der Waals surface area contributed by atoms with Crippen molar-refractivity contribution in [3.8, 4) is 0 Å². The van der Waals surface area contributed by atoms with Crippen molar-refractivity contribution < 1.29 is 9.59 Å². The van der Waals surface area contributed by atoms with Gasteiger partial charge in [-0.3, -0.25) is 4.79 Å². The molecule has 0 radical (unpaired) electrons. The number of primary amides is 1. The summed E-state index contributed by atoms with van der Waals surface area (Å²) in [6.45, 7) is 1.03. The molecular formula is C23H22N4O2S. The molecule has 1 aliphatic heterocycles. The number of urea groups is 1. The fourth-order valence-corrected chi connectivity index (χ4v) is 4.47. The van der Waals surface area contributed by atoms with Gasteiger partial charge in [0, 0.05) is 35.0 Å². The summed E-state index contributed by atoms with van der Waals surface area (Å²) < 4.78 is 0. The van der Waals surface area contributed by atoms with E-state index in [0.717, 1.165) is 16.9 Å². The molecular weight excluding hydrogens is 396 g/mol. The van der Waals surface area contributed by atoms with Gasteiger partial charge < -0.3 is 21.3 Å². The first-order valence-electron chi connectivity index (χ1n) is 9.66. The van der Waals surface area contributed by atoms with Crippen LogP contribution in [0.1, 0.15) is 12.0 Å². The van der Waals surface area contributed by atoms with E-state index in [1.165, 1.54) is 9.79 Å². The summed E-state index contributed by atoms with van der Waals surface area (Å²) in [5, 5.41) is 5.48. The number of nitrogens with one attached hydrogen (secondary N) is 2. The number of carbonyl (C=O) groups is 2. The largest absolute Gasteiger partial charge is 0.352 e. The molecule has 6 nitrogen and oxygen atoms in total. The first kappa shape index (κ1) is 19.8. The number of fused-ring (bicyclic) bond motifs is 2. The molecule has 3 aromatic rings. The van der Waals surface area contributed by atoms with Crippen LogP contribution in [-0.2, 0) is 11.3 Å². The van der Waals surface area contributed by atoms with Crippen LogP contribution in [0.25, 0.3) is 0 Å². The molecule has 0 saturated carbocycles. The van der Waals surface area contributed by atoms with E-state index < -0.39 is 6.03 Å².